The van der Waals surface area contributed by atoms with Crippen LogP contribution in [-0.4, -0.2) is 11.0 Å². The van der Waals surface area contributed by atoms with Crippen molar-refractivity contribution in [2.75, 3.05) is 10.6 Å². The number of anilines is 2. The number of benzene rings is 1. The van der Waals surface area contributed by atoms with E-state index in [2.05, 4.69) is 34.1 Å². The van der Waals surface area contributed by atoms with Crippen molar-refractivity contribution in [1.29, 1.82) is 0 Å². The van der Waals surface area contributed by atoms with Crippen molar-refractivity contribution in [3.63, 3.8) is 0 Å². The molecule has 1 aromatic carbocycles. The van der Waals surface area contributed by atoms with Crippen LogP contribution in [0, 0.1) is 6.92 Å². The molecule has 3 heteroatoms. The Morgan fingerprint density at radius 2 is 2.00 bits per heavy atom. The molecule has 19 heavy (non-hydrogen) atoms. The molecule has 1 aliphatic rings. The largest absolute Gasteiger partial charge is 0.398 e. The molecule has 2 aromatic rings. The van der Waals surface area contributed by atoms with Gasteiger partial charge in [0.15, 0.2) is 0 Å². The Hall–Kier alpha value is -2.03. The lowest BCUT2D eigenvalue weighted by molar-refractivity contribution is 0.778. The minimum atomic E-state index is 0.620. The van der Waals surface area contributed by atoms with Crippen molar-refractivity contribution in [1.82, 2.24) is 4.98 Å². The molecule has 3 rings (SSSR count). The lowest BCUT2D eigenvalue weighted by atomic mass is 10.2. The molecule has 2 N–H and O–H groups in total. The number of pyridine rings is 1. The third kappa shape index (κ3) is 2.70. The first kappa shape index (κ1) is 12.0. The van der Waals surface area contributed by atoms with E-state index in [-0.39, 0.29) is 0 Å². The molecule has 0 saturated heterocycles. The highest BCUT2D eigenvalue weighted by atomic mass is 15.2. The SMILES string of the molecule is Cc1cnc(N(Cc2ccccc2)C2CC2)cc1N. The van der Waals surface area contributed by atoms with Crippen molar-refractivity contribution in [3.8, 4) is 0 Å². The number of hydrogen-bond donors (Lipinski definition) is 1. The zero-order valence-electron chi connectivity index (χ0n) is 11.2. The second kappa shape index (κ2) is 4.92. The highest BCUT2D eigenvalue weighted by Gasteiger charge is 2.30. The van der Waals surface area contributed by atoms with Crippen LogP contribution in [0.3, 0.4) is 0 Å². The van der Waals surface area contributed by atoms with Gasteiger partial charge in [-0.2, -0.15) is 0 Å². The first-order chi connectivity index (χ1) is 9.24. The Kier molecular flexibility index (Phi) is 3.11. The molecule has 1 saturated carbocycles. The van der Waals surface area contributed by atoms with Gasteiger partial charge in [-0.15, -0.1) is 0 Å². The summed E-state index contributed by atoms with van der Waals surface area (Å²) in [5.41, 5.74) is 9.18. The van der Waals surface area contributed by atoms with E-state index in [0.717, 1.165) is 23.6 Å². The Bertz CT molecular complexity index is 561. The smallest absolute Gasteiger partial charge is 0.131 e. The van der Waals surface area contributed by atoms with Crippen LogP contribution in [0.25, 0.3) is 0 Å². The summed E-state index contributed by atoms with van der Waals surface area (Å²) in [6, 6.07) is 13.1. The molecular formula is C16H19N3. The molecule has 1 aromatic heterocycles. The number of aryl methyl sites for hydroxylation is 1. The van der Waals surface area contributed by atoms with Gasteiger partial charge in [-0.3, -0.25) is 0 Å². The van der Waals surface area contributed by atoms with Gasteiger partial charge < -0.3 is 10.6 Å². The van der Waals surface area contributed by atoms with Gasteiger partial charge in [0.2, 0.25) is 0 Å². The van der Waals surface area contributed by atoms with Gasteiger partial charge in [0.05, 0.1) is 0 Å². The van der Waals surface area contributed by atoms with Gasteiger partial charge in [0.1, 0.15) is 5.82 Å². The van der Waals surface area contributed by atoms with Gasteiger partial charge in [-0.05, 0) is 30.9 Å². The predicted octanol–water partition coefficient (Wildman–Crippen LogP) is 3.14. The van der Waals surface area contributed by atoms with Crippen LogP contribution >= 0.6 is 0 Å². The molecule has 0 radical (unpaired) electrons. The summed E-state index contributed by atoms with van der Waals surface area (Å²) in [6.07, 6.45) is 4.37. The van der Waals surface area contributed by atoms with Crippen LogP contribution < -0.4 is 10.6 Å². The Morgan fingerprint density at radius 1 is 1.26 bits per heavy atom. The minimum Gasteiger partial charge on any atom is -0.398 e. The molecule has 1 heterocycles. The lowest BCUT2D eigenvalue weighted by Gasteiger charge is -2.24. The van der Waals surface area contributed by atoms with Crippen LogP contribution in [0.5, 0.6) is 0 Å². The van der Waals surface area contributed by atoms with E-state index < -0.39 is 0 Å². The van der Waals surface area contributed by atoms with Crippen molar-refractivity contribution >= 4 is 11.5 Å². The third-order valence-corrected chi connectivity index (χ3v) is 3.61. The summed E-state index contributed by atoms with van der Waals surface area (Å²) >= 11 is 0. The number of nitrogen functional groups attached to an aromatic ring is 1. The molecule has 0 aliphatic heterocycles. The first-order valence-corrected chi connectivity index (χ1v) is 6.77. The molecule has 3 nitrogen and oxygen atoms in total. The molecule has 1 fully saturated rings. The lowest BCUT2D eigenvalue weighted by Crippen LogP contribution is -2.26. The van der Waals surface area contributed by atoms with Gasteiger partial charge in [-0.25, -0.2) is 4.98 Å². The van der Waals surface area contributed by atoms with Crippen LogP contribution in [0.2, 0.25) is 0 Å². The maximum absolute atomic E-state index is 6.01. The Balaban J connectivity index is 1.86. The maximum atomic E-state index is 6.01. The average molecular weight is 253 g/mol. The van der Waals surface area contributed by atoms with Crippen molar-refractivity contribution < 1.29 is 0 Å². The van der Waals surface area contributed by atoms with E-state index in [1.165, 1.54) is 18.4 Å². The molecule has 1 aliphatic carbocycles. The van der Waals surface area contributed by atoms with Crippen LogP contribution in [0.1, 0.15) is 24.0 Å². The highest BCUT2D eigenvalue weighted by Crippen LogP contribution is 2.33. The Labute approximate surface area is 114 Å². The zero-order valence-corrected chi connectivity index (χ0v) is 11.2. The van der Waals surface area contributed by atoms with E-state index in [9.17, 15) is 0 Å². The number of aromatic nitrogens is 1. The van der Waals surface area contributed by atoms with Crippen LogP contribution in [0.4, 0.5) is 11.5 Å². The van der Waals surface area contributed by atoms with Crippen LogP contribution in [0.15, 0.2) is 42.6 Å². The standard InChI is InChI=1S/C16H19N3/c1-12-10-18-16(9-15(12)17)19(14-7-8-14)11-13-5-3-2-4-6-13/h2-6,9-10,14H,7-8,11H2,1H3,(H2,17,18). The summed E-state index contributed by atoms with van der Waals surface area (Å²) in [7, 11) is 0. The molecule has 98 valence electrons. The maximum Gasteiger partial charge on any atom is 0.131 e. The number of nitrogens with two attached hydrogens (primary N) is 1. The van der Waals surface area contributed by atoms with Crippen molar-refractivity contribution in [2.24, 2.45) is 0 Å². The molecule has 0 spiro atoms. The summed E-state index contributed by atoms with van der Waals surface area (Å²) < 4.78 is 0. The number of rotatable bonds is 4. The van der Waals surface area contributed by atoms with E-state index in [0.29, 0.717) is 6.04 Å². The van der Waals surface area contributed by atoms with Crippen molar-refractivity contribution in [3.05, 3.63) is 53.7 Å². The van der Waals surface area contributed by atoms with Crippen LogP contribution in [-0.2, 0) is 6.54 Å². The molecule has 0 atom stereocenters. The monoisotopic (exact) mass is 253 g/mol. The molecule has 0 amide bonds. The fourth-order valence-corrected chi connectivity index (χ4v) is 2.25. The molecule has 0 unspecified atom stereocenters. The van der Waals surface area contributed by atoms with E-state index in [1.807, 2.05) is 25.3 Å². The van der Waals surface area contributed by atoms with E-state index in [4.69, 9.17) is 5.73 Å². The summed E-state index contributed by atoms with van der Waals surface area (Å²) in [6.45, 7) is 2.89. The number of nitrogens with zero attached hydrogens (tertiary/aromatic N) is 2. The van der Waals surface area contributed by atoms with E-state index in [1.54, 1.807) is 0 Å². The predicted molar refractivity (Wildman–Crippen MR) is 79.0 cm³/mol. The van der Waals surface area contributed by atoms with Gasteiger partial charge in [-0.1, -0.05) is 30.3 Å². The average Bonchev–Trinajstić information content (AvgIpc) is 3.25. The van der Waals surface area contributed by atoms with E-state index >= 15 is 0 Å². The second-order valence-electron chi connectivity index (χ2n) is 5.24. The summed E-state index contributed by atoms with van der Waals surface area (Å²) in [5, 5.41) is 0. The summed E-state index contributed by atoms with van der Waals surface area (Å²) in [4.78, 5) is 6.91. The van der Waals surface area contributed by atoms with Gasteiger partial charge in [0.25, 0.3) is 0 Å². The second-order valence-corrected chi connectivity index (χ2v) is 5.24. The first-order valence-electron chi connectivity index (χ1n) is 6.77. The third-order valence-electron chi connectivity index (χ3n) is 3.61. The quantitative estimate of drug-likeness (QED) is 0.910. The zero-order chi connectivity index (χ0) is 13.2. The summed E-state index contributed by atoms with van der Waals surface area (Å²) in [5.74, 6) is 0.995. The number of hydrogen-bond acceptors (Lipinski definition) is 3. The van der Waals surface area contributed by atoms with Crippen molar-refractivity contribution in [2.45, 2.75) is 32.4 Å². The fraction of sp³-hybridized carbons (Fsp3) is 0.312. The van der Waals surface area contributed by atoms with Gasteiger partial charge >= 0.3 is 0 Å². The minimum absolute atomic E-state index is 0.620. The molecular weight excluding hydrogens is 234 g/mol. The topological polar surface area (TPSA) is 42.2 Å². The highest BCUT2D eigenvalue weighted by molar-refractivity contribution is 5.55. The Morgan fingerprint density at radius 3 is 2.63 bits per heavy atom. The molecule has 0 bridgehead atoms. The normalized spacial score (nSPS) is 14.4. The fourth-order valence-electron chi connectivity index (χ4n) is 2.25. The van der Waals surface area contributed by atoms with Gasteiger partial charge in [0, 0.05) is 30.5 Å².